The molecule has 0 radical (unpaired) electrons. The van der Waals surface area contributed by atoms with Gasteiger partial charge in [0.05, 0.1) is 21.7 Å². The number of carboxylic acid groups (broad SMARTS) is 1. The molecule has 0 bridgehead atoms. The predicted octanol–water partition coefficient (Wildman–Crippen LogP) is 6.34. The van der Waals surface area contributed by atoms with Gasteiger partial charge in [-0.05, 0) is 66.5 Å². The number of carbonyl (C=O) groups excluding carboxylic acids is 1. The number of aryl methyl sites for hydroxylation is 1. The SMILES string of the molecule is C=C1SC(=S)N(Nc2ccccc2C(=O)O)C1=O.Cc1ccc(-c2cc(C(C)(C)C)ccc2O)o1. The van der Waals surface area contributed by atoms with Gasteiger partial charge in [0, 0.05) is 0 Å². The fraction of sp³-hybridized carbons (Fsp3) is 0.192. The number of anilines is 1. The Morgan fingerprint density at radius 2 is 1.83 bits per heavy atom. The zero-order chi connectivity index (χ0) is 25.9. The molecule has 1 saturated heterocycles. The van der Waals surface area contributed by atoms with Gasteiger partial charge in [-0.3, -0.25) is 10.2 Å². The summed E-state index contributed by atoms with van der Waals surface area (Å²) < 4.78 is 5.85. The molecule has 1 aliphatic heterocycles. The van der Waals surface area contributed by atoms with Crippen molar-refractivity contribution in [3.8, 4) is 17.1 Å². The Balaban J connectivity index is 0.000000196. The van der Waals surface area contributed by atoms with Gasteiger partial charge in [-0.2, -0.15) is 0 Å². The molecule has 35 heavy (non-hydrogen) atoms. The van der Waals surface area contributed by atoms with Gasteiger partial charge in [0.15, 0.2) is 4.32 Å². The van der Waals surface area contributed by atoms with Crippen molar-refractivity contribution in [1.29, 1.82) is 0 Å². The number of carboxylic acids is 1. The van der Waals surface area contributed by atoms with Gasteiger partial charge in [-0.1, -0.05) is 57.3 Å². The van der Waals surface area contributed by atoms with Crippen LogP contribution in [0.3, 0.4) is 0 Å². The number of nitrogens with zero attached hydrogens (tertiary/aromatic N) is 1. The van der Waals surface area contributed by atoms with Crippen LogP contribution in [-0.4, -0.2) is 31.4 Å². The number of benzene rings is 2. The number of hydrogen-bond acceptors (Lipinski definition) is 7. The van der Waals surface area contributed by atoms with E-state index in [-0.39, 0.29) is 22.6 Å². The number of phenols is 1. The first kappa shape index (κ1) is 26.1. The summed E-state index contributed by atoms with van der Waals surface area (Å²) in [6, 6.07) is 15.7. The molecule has 1 amide bonds. The molecular formula is C26H26N2O5S2. The smallest absolute Gasteiger partial charge is 0.337 e. The summed E-state index contributed by atoms with van der Waals surface area (Å²) in [7, 11) is 0. The number of para-hydroxylation sites is 1. The highest BCUT2D eigenvalue weighted by atomic mass is 32.2. The molecule has 2 aromatic carbocycles. The zero-order valence-corrected chi connectivity index (χ0v) is 21.4. The third-order valence-corrected chi connectivity index (χ3v) is 6.30. The standard InChI is InChI=1S/C15H18O2.C11H8N2O3S2/c1-10-5-8-14(17-10)12-9-11(15(2,3)4)6-7-13(12)16;1-6-9(14)13(11(17)18-6)12-8-5-3-2-4-7(8)10(15)16/h5-9,16H,1-4H3;2-5,12H,1H2,(H,15,16). The van der Waals surface area contributed by atoms with Gasteiger partial charge in [-0.15, -0.1) is 0 Å². The Morgan fingerprint density at radius 3 is 2.37 bits per heavy atom. The second-order valence-electron chi connectivity index (χ2n) is 8.79. The first-order valence-electron chi connectivity index (χ1n) is 10.6. The second kappa shape index (κ2) is 10.4. The van der Waals surface area contributed by atoms with Crippen molar-refractivity contribution < 1.29 is 24.2 Å². The number of nitrogens with one attached hydrogen (secondary N) is 1. The van der Waals surface area contributed by atoms with Crippen LogP contribution in [0.1, 0.15) is 42.5 Å². The monoisotopic (exact) mass is 510 g/mol. The van der Waals surface area contributed by atoms with Crippen LogP contribution in [0.4, 0.5) is 5.69 Å². The summed E-state index contributed by atoms with van der Waals surface area (Å²) in [5.41, 5.74) is 5.06. The molecular weight excluding hydrogens is 484 g/mol. The van der Waals surface area contributed by atoms with Gasteiger partial charge < -0.3 is 14.6 Å². The molecule has 0 atom stereocenters. The van der Waals surface area contributed by atoms with Crippen molar-refractivity contribution in [3.05, 3.63) is 83.0 Å². The Morgan fingerprint density at radius 1 is 1.14 bits per heavy atom. The lowest BCUT2D eigenvalue weighted by Crippen LogP contribution is -2.34. The Bertz CT molecular complexity index is 1310. The molecule has 0 spiro atoms. The average Bonchev–Trinajstić information content (AvgIpc) is 3.32. The maximum Gasteiger partial charge on any atom is 0.337 e. The van der Waals surface area contributed by atoms with Crippen molar-refractivity contribution in [1.82, 2.24) is 5.01 Å². The maximum absolute atomic E-state index is 11.7. The first-order chi connectivity index (χ1) is 16.4. The van der Waals surface area contributed by atoms with Crippen LogP contribution in [-0.2, 0) is 10.2 Å². The van der Waals surface area contributed by atoms with E-state index in [9.17, 15) is 14.7 Å². The topological polar surface area (TPSA) is 103 Å². The summed E-state index contributed by atoms with van der Waals surface area (Å²) in [4.78, 5) is 23.0. The summed E-state index contributed by atoms with van der Waals surface area (Å²) in [6.45, 7) is 11.9. The molecule has 0 saturated carbocycles. The fourth-order valence-corrected chi connectivity index (χ4v) is 4.21. The minimum atomic E-state index is -1.08. The molecule has 0 aliphatic carbocycles. The largest absolute Gasteiger partial charge is 0.507 e. The summed E-state index contributed by atoms with van der Waals surface area (Å²) in [6.07, 6.45) is 0. The number of hydrazine groups is 1. The highest BCUT2D eigenvalue weighted by molar-refractivity contribution is 8.26. The van der Waals surface area contributed by atoms with Crippen molar-refractivity contribution in [2.75, 3.05) is 5.43 Å². The maximum atomic E-state index is 11.7. The Kier molecular flexibility index (Phi) is 7.72. The number of thioether (sulfide) groups is 1. The van der Waals surface area contributed by atoms with Crippen LogP contribution in [0.2, 0.25) is 0 Å². The van der Waals surface area contributed by atoms with Crippen molar-refractivity contribution in [2.45, 2.75) is 33.1 Å². The molecule has 2 heterocycles. The number of carbonyl (C=O) groups is 2. The highest BCUT2D eigenvalue weighted by Gasteiger charge is 2.31. The van der Waals surface area contributed by atoms with Crippen molar-refractivity contribution in [2.24, 2.45) is 0 Å². The lowest BCUT2D eigenvalue weighted by Gasteiger charge is -2.19. The van der Waals surface area contributed by atoms with Gasteiger partial charge in [-0.25, -0.2) is 9.80 Å². The van der Waals surface area contributed by atoms with Crippen LogP contribution in [0, 0.1) is 6.92 Å². The molecule has 3 N–H and O–H groups in total. The quantitative estimate of drug-likeness (QED) is 0.276. The number of hydrogen-bond donors (Lipinski definition) is 3. The minimum absolute atomic E-state index is 0.0596. The third kappa shape index (κ3) is 6.12. The number of furan rings is 1. The summed E-state index contributed by atoms with van der Waals surface area (Å²) in [5, 5.41) is 20.0. The number of thiocarbonyl (C=S) groups is 1. The van der Waals surface area contributed by atoms with E-state index >= 15 is 0 Å². The molecule has 1 aromatic heterocycles. The third-order valence-electron chi connectivity index (χ3n) is 5.09. The van der Waals surface area contributed by atoms with E-state index in [0.717, 1.165) is 28.1 Å². The van der Waals surface area contributed by atoms with E-state index in [1.165, 1.54) is 11.6 Å². The van der Waals surface area contributed by atoms with Crippen LogP contribution in [0.25, 0.3) is 11.3 Å². The highest BCUT2D eigenvalue weighted by Crippen LogP contribution is 2.35. The molecule has 1 aliphatic rings. The minimum Gasteiger partial charge on any atom is -0.507 e. The average molecular weight is 511 g/mol. The molecule has 3 aromatic rings. The number of aromatic carboxylic acids is 1. The van der Waals surface area contributed by atoms with Crippen LogP contribution in [0.5, 0.6) is 5.75 Å². The van der Waals surface area contributed by atoms with E-state index in [0.29, 0.717) is 20.7 Å². The number of phenolic OH excluding ortho intramolecular Hbond substituents is 1. The zero-order valence-electron chi connectivity index (χ0n) is 19.8. The van der Waals surface area contributed by atoms with Gasteiger partial charge in [0.2, 0.25) is 0 Å². The van der Waals surface area contributed by atoms with E-state index < -0.39 is 5.97 Å². The van der Waals surface area contributed by atoms with Crippen molar-refractivity contribution in [3.63, 3.8) is 0 Å². The molecule has 1 fully saturated rings. The summed E-state index contributed by atoms with van der Waals surface area (Å²) >= 11 is 6.07. The van der Waals surface area contributed by atoms with E-state index in [4.69, 9.17) is 21.7 Å². The second-order valence-corrected chi connectivity index (χ2v) is 10.5. The first-order valence-corrected chi connectivity index (χ1v) is 11.9. The Hall–Kier alpha value is -3.56. The van der Waals surface area contributed by atoms with Gasteiger partial charge in [0.1, 0.15) is 17.3 Å². The molecule has 4 rings (SSSR count). The normalized spacial score (nSPS) is 13.5. The lowest BCUT2D eigenvalue weighted by atomic mass is 9.86. The number of aromatic hydroxyl groups is 1. The molecule has 182 valence electrons. The van der Waals surface area contributed by atoms with E-state index in [1.807, 2.05) is 31.2 Å². The van der Waals surface area contributed by atoms with Crippen LogP contribution < -0.4 is 5.43 Å². The lowest BCUT2D eigenvalue weighted by molar-refractivity contribution is -0.121. The van der Waals surface area contributed by atoms with E-state index in [2.05, 4.69) is 32.8 Å². The van der Waals surface area contributed by atoms with E-state index in [1.54, 1.807) is 24.3 Å². The predicted molar refractivity (Wildman–Crippen MR) is 142 cm³/mol. The van der Waals surface area contributed by atoms with Crippen LogP contribution >= 0.6 is 24.0 Å². The molecule has 9 heteroatoms. The molecule has 7 nitrogen and oxygen atoms in total. The van der Waals surface area contributed by atoms with Gasteiger partial charge >= 0.3 is 5.97 Å². The number of rotatable bonds is 4. The Labute approximate surface area is 213 Å². The van der Waals surface area contributed by atoms with Crippen molar-refractivity contribution >= 4 is 45.9 Å². The summed E-state index contributed by atoms with van der Waals surface area (Å²) in [5.74, 6) is 0.367. The fourth-order valence-electron chi connectivity index (χ4n) is 3.17. The number of amides is 1. The van der Waals surface area contributed by atoms with Gasteiger partial charge in [0.25, 0.3) is 5.91 Å². The molecule has 0 unspecified atom stereocenters. The van der Waals surface area contributed by atoms with Crippen LogP contribution in [0.15, 0.2) is 70.5 Å².